The van der Waals surface area contributed by atoms with Crippen LogP contribution in [0, 0.1) is 6.57 Å². The molecular weight excluding hydrogens is 388 g/mol. The molecular formula is C22H22N2O2S2. The van der Waals surface area contributed by atoms with Crippen molar-refractivity contribution < 1.29 is 9.53 Å². The highest BCUT2D eigenvalue weighted by Gasteiger charge is 2.26. The Kier molecular flexibility index (Phi) is 6.28. The van der Waals surface area contributed by atoms with Crippen molar-refractivity contribution in [3.05, 3.63) is 58.5 Å². The smallest absolute Gasteiger partial charge is 0.354 e. The van der Waals surface area contributed by atoms with E-state index in [2.05, 4.69) is 34.7 Å². The minimum Gasteiger partial charge on any atom is -0.461 e. The minimum absolute atomic E-state index is 0.299. The zero-order chi connectivity index (χ0) is 20.3. The maximum Gasteiger partial charge on any atom is 0.354 e. The van der Waals surface area contributed by atoms with E-state index in [4.69, 9.17) is 11.3 Å². The first-order chi connectivity index (χ1) is 13.6. The van der Waals surface area contributed by atoms with Crippen LogP contribution in [-0.4, -0.2) is 23.4 Å². The van der Waals surface area contributed by atoms with Crippen molar-refractivity contribution in [2.75, 3.05) is 12.9 Å². The summed E-state index contributed by atoms with van der Waals surface area (Å²) in [5.74, 6) is -0.392. The SMILES string of the molecule is [C-]#[N+]c1c(-c2ccc(-c3sccc3SC)cc2)c(C(=O)OCC)n(C)c1CC. The average Bonchev–Trinajstić information content (AvgIpc) is 3.29. The average molecular weight is 411 g/mol. The molecule has 2 aromatic heterocycles. The topological polar surface area (TPSA) is 35.6 Å². The normalized spacial score (nSPS) is 10.7. The quantitative estimate of drug-likeness (QED) is 0.267. The van der Waals surface area contributed by atoms with Gasteiger partial charge in [0.2, 0.25) is 5.69 Å². The molecule has 3 aromatic rings. The Hall–Kier alpha value is -2.49. The van der Waals surface area contributed by atoms with Crippen molar-refractivity contribution in [3.8, 4) is 21.6 Å². The third-order valence-electron chi connectivity index (χ3n) is 4.69. The summed E-state index contributed by atoms with van der Waals surface area (Å²) in [5, 5.41) is 2.09. The van der Waals surface area contributed by atoms with Gasteiger partial charge in [-0.1, -0.05) is 31.2 Å². The lowest BCUT2D eigenvalue weighted by atomic mass is 10.0. The zero-order valence-corrected chi connectivity index (χ0v) is 18.0. The van der Waals surface area contributed by atoms with Crippen molar-refractivity contribution >= 4 is 34.8 Å². The Morgan fingerprint density at radius 3 is 2.46 bits per heavy atom. The van der Waals surface area contributed by atoms with E-state index in [1.165, 1.54) is 9.77 Å². The number of hydrogen-bond acceptors (Lipinski definition) is 4. The molecule has 0 aliphatic heterocycles. The van der Waals surface area contributed by atoms with Gasteiger partial charge in [0.25, 0.3) is 0 Å². The van der Waals surface area contributed by atoms with E-state index in [9.17, 15) is 4.79 Å². The van der Waals surface area contributed by atoms with Gasteiger partial charge in [0.15, 0.2) is 0 Å². The summed E-state index contributed by atoms with van der Waals surface area (Å²) in [4.78, 5) is 18.9. The summed E-state index contributed by atoms with van der Waals surface area (Å²) in [6.45, 7) is 11.8. The second kappa shape index (κ2) is 8.68. The summed E-state index contributed by atoms with van der Waals surface area (Å²) in [6, 6.07) is 10.2. The van der Waals surface area contributed by atoms with Gasteiger partial charge in [-0.2, -0.15) is 0 Å². The summed E-state index contributed by atoms with van der Waals surface area (Å²) >= 11 is 3.44. The van der Waals surface area contributed by atoms with Gasteiger partial charge in [0.1, 0.15) is 5.69 Å². The summed E-state index contributed by atoms with van der Waals surface area (Å²) < 4.78 is 7.08. The number of ether oxygens (including phenoxy) is 1. The molecule has 144 valence electrons. The van der Waals surface area contributed by atoms with Gasteiger partial charge < -0.3 is 9.30 Å². The van der Waals surface area contributed by atoms with Crippen LogP contribution in [0.15, 0.2) is 40.6 Å². The predicted molar refractivity (Wildman–Crippen MR) is 118 cm³/mol. The Morgan fingerprint density at radius 2 is 1.89 bits per heavy atom. The van der Waals surface area contributed by atoms with Gasteiger partial charge >= 0.3 is 5.97 Å². The Labute approximate surface area is 174 Å². The number of thiophene rings is 1. The van der Waals surface area contributed by atoms with Crippen molar-refractivity contribution in [2.24, 2.45) is 7.05 Å². The van der Waals surface area contributed by atoms with E-state index < -0.39 is 5.97 Å². The Morgan fingerprint density at radius 1 is 1.21 bits per heavy atom. The molecule has 3 rings (SSSR count). The molecule has 0 aliphatic rings. The largest absolute Gasteiger partial charge is 0.461 e. The van der Waals surface area contributed by atoms with E-state index in [0.29, 0.717) is 30.0 Å². The van der Waals surface area contributed by atoms with Crippen LogP contribution in [0.1, 0.15) is 30.0 Å². The number of rotatable bonds is 6. The number of esters is 1. The molecule has 0 fully saturated rings. The first-order valence-electron chi connectivity index (χ1n) is 9.05. The third kappa shape index (κ3) is 3.48. The van der Waals surface area contributed by atoms with Crippen molar-refractivity contribution in [1.29, 1.82) is 0 Å². The highest BCUT2D eigenvalue weighted by atomic mass is 32.2. The van der Waals surface area contributed by atoms with E-state index in [-0.39, 0.29) is 0 Å². The number of thioether (sulfide) groups is 1. The number of aromatic nitrogens is 1. The van der Waals surface area contributed by atoms with Crippen LogP contribution in [-0.2, 0) is 18.2 Å². The number of nitrogens with zero attached hydrogens (tertiary/aromatic N) is 2. The fraction of sp³-hybridized carbons (Fsp3) is 0.273. The van der Waals surface area contributed by atoms with Crippen LogP contribution in [0.2, 0.25) is 0 Å². The summed E-state index contributed by atoms with van der Waals surface area (Å²) in [7, 11) is 1.83. The van der Waals surface area contributed by atoms with Gasteiger partial charge in [0, 0.05) is 28.1 Å². The minimum atomic E-state index is -0.392. The number of carbonyl (C=O) groups excluding carboxylic acids is 1. The van der Waals surface area contributed by atoms with Crippen molar-refractivity contribution in [3.63, 3.8) is 0 Å². The van der Waals surface area contributed by atoms with Crippen LogP contribution >= 0.6 is 23.1 Å². The second-order valence-electron chi connectivity index (χ2n) is 6.16. The van der Waals surface area contributed by atoms with Gasteiger partial charge in [0.05, 0.1) is 13.2 Å². The molecule has 0 saturated heterocycles. The van der Waals surface area contributed by atoms with Gasteiger partial charge in [-0.25, -0.2) is 9.64 Å². The van der Waals surface area contributed by atoms with Crippen LogP contribution in [0.5, 0.6) is 0 Å². The van der Waals surface area contributed by atoms with Gasteiger partial charge in [-0.3, -0.25) is 0 Å². The molecule has 4 nitrogen and oxygen atoms in total. The van der Waals surface area contributed by atoms with Crippen LogP contribution in [0.3, 0.4) is 0 Å². The summed E-state index contributed by atoms with van der Waals surface area (Å²) in [5.41, 5.74) is 4.47. The zero-order valence-electron chi connectivity index (χ0n) is 16.4. The molecule has 0 saturated carbocycles. The van der Waals surface area contributed by atoms with E-state index >= 15 is 0 Å². The fourth-order valence-electron chi connectivity index (χ4n) is 3.41. The molecule has 0 radical (unpaired) electrons. The molecule has 6 heteroatoms. The standard InChI is InChI=1S/C22H22N2O2S2/c1-6-16-19(23-3)18(20(24(16)4)22(25)26-7-2)14-8-10-15(11-9-14)21-17(27-5)12-13-28-21/h8-13H,6-7H2,1-2,4-5H3. The molecule has 0 unspecified atom stereocenters. The lowest BCUT2D eigenvalue weighted by Crippen LogP contribution is -2.12. The predicted octanol–water partition coefficient (Wildman–Crippen LogP) is 6.43. The number of hydrogen-bond donors (Lipinski definition) is 0. The molecule has 2 heterocycles. The maximum absolute atomic E-state index is 12.6. The van der Waals surface area contributed by atoms with E-state index in [1.54, 1.807) is 34.6 Å². The number of carbonyl (C=O) groups is 1. The van der Waals surface area contributed by atoms with E-state index in [0.717, 1.165) is 16.8 Å². The number of benzene rings is 1. The molecule has 0 spiro atoms. The Bertz CT molecular complexity index is 1040. The van der Waals surface area contributed by atoms with Crippen molar-refractivity contribution in [1.82, 2.24) is 4.57 Å². The third-order valence-corrected chi connectivity index (χ3v) is 6.56. The molecule has 0 N–H and O–H groups in total. The Balaban J connectivity index is 2.15. The van der Waals surface area contributed by atoms with E-state index in [1.807, 2.05) is 26.1 Å². The van der Waals surface area contributed by atoms with Gasteiger partial charge in [-0.05, 0) is 42.2 Å². The van der Waals surface area contributed by atoms with Crippen LogP contribution in [0.4, 0.5) is 5.69 Å². The summed E-state index contributed by atoms with van der Waals surface area (Å²) in [6.07, 6.45) is 2.74. The molecule has 0 bridgehead atoms. The molecule has 1 aromatic carbocycles. The monoisotopic (exact) mass is 410 g/mol. The molecule has 0 aliphatic carbocycles. The molecule has 0 atom stereocenters. The maximum atomic E-state index is 12.6. The second-order valence-corrected chi connectivity index (χ2v) is 7.92. The van der Waals surface area contributed by atoms with Gasteiger partial charge in [-0.15, -0.1) is 23.1 Å². The molecule has 28 heavy (non-hydrogen) atoms. The van der Waals surface area contributed by atoms with Crippen molar-refractivity contribution in [2.45, 2.75) is 25.2 Å². The molecule has 0 amide bonds. The highest BCUT2D eigenvalue weighted by Crippen LogP contribution is 2.41. The first-order valence-corrected chi connectivity index (χ1v) is 11.2. The van der Waals surface area contributed by atoms with Crippen LogP contribution in [0.25, 0.3) is 26.4 Å². The van der Waals surface area contributed by atoms with Crippen LogP contribution < -0.4 is 0 Å². The highest BCUT2D eigenvalue weighted by molar-refractivity contribution is 7.98. The fourth-order valence-corrected chi connectivity index (χ4v) is 5.20. The lowest BCUT2D eigenvalue weighted by molar-refractivity contribution is 0.0516. The lowest BCUT2D eigenvalue weighted by Gasteiger charge is -2.09. The first kappa shape index (κ1) is 20.2.